The van der Waals surface area contributed by atoms with E-state index in [4.69, 9.17) is 5.11 Å². The highest BCUT2D eigenvalue weighted by Gasteiger charge is 2.21. The van der Waals surface area contributed by atoms with Gasteiger partial charge in [0, 0.05) is 30.2 Å². The smallest absolute Gasteiger partial charge is 0.328 e. The van der Waals surface area contributed by atoms with Crippen LogP contribution in [0, 0.1) is 5.92 Å². The van der Waals surface area contributed by atoms with Gasteiger partial charge in [0.1, 0.15) is 0 Å². The minimum Gasteiger partial charge on any atom is -0.478 e. The van der Waals surface area contributed by atoms with Gasteiger partial charge in [-0.3, -0.25) is 5.32 Å². The van der Waals surface area contributed by atoms with E-state index in [-0.39, 0.29) is 6.03 Å². The van der Waals surface area contributed by atoms with Gasteiger partial charge in [0.25, 0.3) is 0 Å². The number of carbonyl (C=O) groups is 2. The van der Waals surface area contributed by atoms with Gasteiger partial charge >= 0.3 is 12.0 Å². The predicted octanol–water partition coefficient (Wildman–Crippen LogP) is 2.50. The maximum Gasteiger partial charge on any atom is 0.328 e. The molecule has 1 aromatic heterocycles. The van der Waals surface area contributed by atoms with Gasteiger partial charge in [-0.15, -0.1) is 0 Å². The Balaban J connectivity index is 1.92. The van der Waals surface area contributed by atoms with Crippen LogP contribution >= 0.6 is 11.3 Å². The molecular formula is C13H17N3O3S. The zero-order chi connectivity index (χ0) is 14.5. The van der Waals surface area contributed by atoms with Crippen molar-refractivity contribution in [3.05, 3.63) is 17.2 Å². The average molecular weight is 295 g/mol. The molecule has 1 aliphatic heterocycles. The number of nitrogens with zero attached hydrogens (tertiary/aromatic N) is 2. The molecule has 6 nitrogen and oxygen atoms in total. The Morgan fingerprint density at radius 3 is 3.10 bits per heavy atom. The summed E-state index contributed by atoms with van der Waals surface area (Å²) in [5.41, 5.74) is 0. The van der Waals surface area contributed by atoms with Crippen molar-refractivity contribution in [3.63, 3.8) is 0 Å². The standard InChI is InChI=1S/C13H17N3O3S/c1-9-3-2-6-16(8-9)13(19)15-12-14-7-10(20-12)4-5-11(17)18/h4-5,7,9H,2-3,6,8H2,1H3,(H,17,18)(H,14,15,19). The number of hydrogen-bond acceptors (Lipinski definition) is 4. The molecule has 2 amide bonds. The zero-order valence-electron chi connectivity index (χ0n) is 11.2. The number of thiazole rings is 1. The summed E-state index contributed by atoms with van der Waals surface area (Å²) in [6, 6.07) is -0.139. The summed E-state index contributed by atoms with van der Waals surface area (Å²) < 4.78 is 0. The summed E-state index contributed by atoms with van der Waals surface area (Å²) in [7, 11) is 0. The monoisotopic (exact) mass is 295 g/mol. The second-order valence-electron chi connectivity index (χ2n) is 4.86. The maximum absolute atomic E-state index is 12.1. The van der Waals surface area contributed by atoms with E-state index >= 15 is 0 Å². The molecule has 20 heavy (non-hydrogen) atoms. The molecule has 2 heterocycles. The van der Waals surface area contributed by atoms with Gasteiger partial charge in [-0.05, 0) is 24.8 Å². The fourth-order valence-electron chi connectivity index (χ4n) is 2.12. The van der Waals surface area contributed by atoms with Gasteiger partial charge in [0.05, 0.1) is 0 Å². The van der Waals surface area contributed by atoms with E-state index in [0.29, 0.717) is 15.9 Å². The molecular weight excluding hydrogens is 278 g/mol. The van der Waals surface area contributed by atoms with E-state index in [0.717, 1.165) is 32.0 Å². The number of carboxylic acids is 1. The first-order valence-corrected chi connectivity index (χ1v) is 7.29. The van der Waals surface area contributed by atoms with Crippen LogP contribution in [0.4, 0.5) is 9.93 Å². The van der Waals surface area contributed by atoms with Gasteiger partial charge in [-0.25, -0.2) is 14.6 Å². The number of anilines is 1. The fourth-order valence-corrected chi connectivity index (χ4v) is 2.83. The molecule has 1 aliphatic rings. The third-order valence-corrected chi connectivity index (χ3v) is 3.95. The number of aliphatic carboxylic acids is 1. The molecule has 1 atom stereocenters. The Hall–Kier alpha value is -1.89. The molecule has 1 saturated heterocycles. The first-order chi connectivity index (χ1) is 9.54. The Labute approximate surface area is 121 Å². The van der Waals surface area contributed by atoms with Crippen molar-refractivity contribution in [2.75, 3.05) is 18.4 Å². The summed E-state index contributed by atoms with van der Waals surface area (Å²) >= 11 is 1.25. The van der Waals surface area contributed by atoms with Gasteiger partial charge in [-0.1, -0.05) is 18.3 Å². The number of urea groups is 1. The van der Waals surface area contributed by atoms with E-state index in [9.17, 15) is 9.59 Å². The minimum absolute atomic E-state index is 0.139. The molecule has 2 rings (SSSR count). The topological polar surface area (TPSA) is 82.5 Å². The molecule has 0 aliphatic carbocycles. The van der Waals surface area contributed by atoms with Crippen LogP contribution < -0.4 is 5.32 Å². The molecule has 0 spiro atoms. The normalized spacial score (nSPS) is 19.2. The van der Waals surface area contributed by atoms with E-state index in [1.54, 1.807) is 11.1 Å². The number of carbonyl (C=O) groups excluding carboxylic acids is 1. The number of hydrogen-bond donors (Lipinski definition) is 2. The lowest BCUT2D eigenvalue weighted by atomic mass is 10.0. The molecule has 0 aromatic carbocycles. The second kappa shape index (κ2) is 6.51. The molecule has 7 heteroatoms. The van der Waals surface area contributed by atoms with Gasteiger partial charge in [-0.2, -0.15) is 0 Å². The number of likely N-dealkylation sites (tertiary alicyclic amines) is 1. The van der Waals surface area contributed by atoms with Crippen molar-refractivity contribution < 1.29 is 14.7 Å². The van der Waals surface area contributed by atoms with Crippen LogP contribution in [0.15, 0.2) is 12.3 Å². The number of nitrogens with one attached hydrogen (secondary N) is 1. The Bertz CT molecular complexity index is 527. The van der Waals surface area contributed by atoms with E-state index in [2.05, 4.69) is 17.2 Å². The molecule has 0 bridgehead atoms. The van der Waals surface area contributed by atoms with Crippen molar-refractivity contribution in [1.29, 1.82) is 0 Å². The minimum atomic E-state index is -1.01. The summed E-state index contributed by atoms with van der Waals surface area (Å²) in [6.45, 7) is 3.67. The molecule has 0 radical (unpaired) electrons. The Kier molecular flexibility index (Phi) is 4.73. The average Bonchev–Trinajstić information content (AvgIpc) is 2.84. The first-order valence-electron chi connectivity index (χ1n) is 6.47. The maximum atomic E-state index is 12.1. The number of piperidine rings is 1. The van der Waals surface area contributed by atoms with Crippen molar-refractivity contribution in [2.45, 2.75) is 19.8 Å². The molecule has 1 unspecified atom stereocenters. The van der Waals surface area contributed by atoms with Crippen molar-refractivity contribution in [2.24, 2.45) is 5.92 Å². The lowest BCUT2D eigenvalue weighted by Gasteiger charge is -2.30. The quantitative estimate of drug-likeness (QED) is 0.839. The Morgan fingerprint density at radius 2 is 2.40 bits per heavy atom. The van der Waals surface area contributed by atoms with Gasteiger partial charge in [0.2, 0.25) is 0 Å². The summed E-state index contributed by atoms with van der Waals surface area (Å²) in [4.78, 5) is 29.0. The molecule has 2 N–H and O–H groups in total. The molecule has 1 fully saturated rings. The summed E-state index contributed by atoms with van der Waals surface area (Å²) in [5.74, 6) is -0.480. The van der Waals surface area contributed by atoms with E-state index in [1.807, 2.05) is 0 Å². The Morgan fingerprint density at radius 1 is 1.60 bits per heavy atom. The lowest BCUT2D eigenvalue weighted by Crippen LogP contribution is -2.41. The molecule has 108 valence electrons. The van der Waals surface area contributed by atoms with Crippen LogP contribution in [-0.4, -0.2) is 40.1 Å². The highest BCUT2D eigenvalue weighted by atomic mass is 32.1. The van der Waals surface area contributed by atoms with Gasteiger partial charge < -0.3 is 10.0 Å². The van der Waals surface area contributed by atoms with E-state index in [1.165, 1.54) is 17.4 Å². The zero-order valence-corrected chi connectivity index (χ0v) is 12.0. The number of rotatable bonds is 3. The van der Waals surface area contributed by atoms with Crippen LogP contribution in [0.2, 0.25) is 0 Å². The SMILES string of the molecule is CC1CCCN(C(=O)Nc2ncc(C=CC(=O)O)s2)C1. The van der Waals surface area contributed by atoms with Crippen molar-refractivity contribution in [1.82, 2.24) is 9.88 Å². The highest BCUT2D eigenvalue weighted by Crippen LogP contribution is 2.21. The fraction of sp³-hybridized carbons (Fsp3) is 0.462. The van der Waals surface area contributed by atoms with Crippen LogP contribution in [0.3, 0.4) is 0 Å². The third-order valence-electron chi connectivity index (χ3n) is 3.07. The van der Waals surface area contributed by atoms with Crippen molar-refractivity contribution in [3.8, 4) is 0 Å². The first kappa shape index (κ1) is 14.5. The summed E-state index contributed by atoms with van der Waals surface area (Å²) in [6.07, 6.45) is 6.23. The van der Waals surface area contributed by atoms with E-state index < -0.39 is 5.97 Å². The van der Waals surface area contributed by atoms with Gasteiger partial charge in [0.15, 0.2) is 5.13 Å². The summed E-state index contributed by atoms with van der Waals surface area (Å²) in [5, 5.41) is 11.8. The van der Waals surface area contributed by atoms with Crippen LogP contribution in [-0.2, 0) is 4.79 Å². The molecule has 1 aromatic rings. The van der Waals surface area contributed by atoms with Crippen molar-refractivity contribution >= 4 is 34.5 Å². The predicted molar refractivity (Wildman–Crippen MR) is 77.8 cm³/mol. The lowest BCUT2D eigenvalue weighted by molar-refractivity contribution is -0.131. The number of amides is 2. The third kappa shape index (κ3) is 4.06. The van der Waals surface area contributed by atoms with Crippen LogP contribution in [0.25, 0.3) is 6.08 Å². The van der Waals surface area contributed by atoms with Crippen LogP contribution in [0.5, 0.6) is 0 Å². The van der Waals surface area contributed by atoms with Crippen LogP contribution in [0.1, 0.15) is 24.6 Å². The number of carboxylic acid groups (broad SMARTS) is 1. The highest BCUT2D eigenvalue weighted by molar-refractivity contribution is 7.16. The largest absolute Gasteiger partial charge is 0.478 e. The number of aromatic nitrogens is 1. The molecule has 0 saturated carbocycles. The second-order valence-corrected chi connectivity index (χ2v) is 5.93.